The number of carbonyl (C=O) groups excluding carboxylic acids is 2. The van der Waals surface area contributed by atoms with Gasteiger partial charge >= 0.3 is 11.9 Å². The summed E-state index contributed by atoms with van der Waals surface area (Å²) in [6.45, 7) is -0.825. The normalized spacial score (nSPS) is 18.1. The Morgan fingerprint density at radius 1 is 1.36 bits per heavy atom. The van der Waals surface area contributed by atoms with E-state index in [4.69, 9.17) is 26.8 Å². The minimum atomic E-state index is -1.33. The molecular weight excluding hydrogens is 651 g/mol. The molecule has 2 amide bonds. The van der Waals surface area contributed by atoms with Gasteiger partial charge in [-0.15, -0.1) is 34.9 Å². The van der Waals surface area contributed by atoms with Crippen molar-refractivity contribution in [1.29, 1.82) is 10.7 Å². The topological polar surface area (TPSA) is 271 Å². The molecule has 0 bridgehead atoms. The highest BCUT2D eigenvalue weighted by Crippen LogP contribution is 2.43. The molecule has 220 valence electrons. The first kappa shape index (κ1) is 31.1. The average molecular weight is 670 g/mol. The Morgan fingerprint density at radius 2 is 2.12 bits per heavy atom. The second kappa shape index (κ2) is 13.4. The van der Waals surface area contributed by atoms with E-state index in [1.54, 1.807) is 0 Å². The molecule has 4 heterocycles. The summed E-state index contributed by atoms with van der Waals surface area (Å²) < 4.78 is 4.80. The number of nitriles is 1. The number of amidine groups is 1. The molecule has 0 unspecified atom stereocenters. The number of aliphatic carboxylic acids is 2. The molecule has 4 rings (SSSR count). The Kier molecular flexibility index (Phi) is 9.94. The first-order valence-corrected chi connectivity index (χ1v) is 16.0. The molecule has 2 aromatic heterocycles. The summed E-state index contributed by atoms with van der Waals surface area (Å²) in [6.07, 6.45) is 0. The van der Waals surface area contributed by atoms with Gasteiger partial charge in [-0.3, -0.25) is 19.9 Å². The zero-order chi connectivity index (χ0) is 30.6. The number of oxime groups is 1. The second-order valence-electron chi connectivity index (χ2n) is 8.16. The van der Waals surface area contributed by atoms with Crippen LogP contribution in [0.2, 0.25) is 0 Å². The second-order valence-corrected chi connectivity index (χ2v) is 13.1. The standard InChI is InChI=1S/C21H19N9O7S5/c22-1-8-16(38-6-10(23)24)29-42-20(8)40-4-7-3-39-18-13(17(34)30(18)14(7)19(35)36)27-15(33)12(28-37-2-11(31)32)9-5-41-21(25)26-9/h5,13,18H,2-4,6H2,(H3,23,24)(H2,25,26)(H,27,33)(H,31,32)(H,35,36)/b28-12-/t13-,18-/m1/s1. The highest BCUT2D eigenvalue weighted by Gasteiger charge is 2.54. The molecule has 0 aliphatic carbocycles. The Morgan fingerprint density at radius 3 is 2.74 bits per heavy atom. The summed E-state index contributed by atoms with van der Waals surface area (Å²) in [7, 11) is 0. The number of nitrogen functional groups attached to an aromatic ring is 1. The van der Waals surface area contributed by atoms with Crippen molar-refractivity contribution in [2.45, 2.75) is 20.7 Å². The number of thiazole rings is 1. The van der Waals surface area contributed by atoms with Crippen molar-refractivity contribution < 1.29 is 34.2 Å². The molecule has 0 radical (unpaired) electrons. The van der Waals surface area contributed by atoms with Crippen molar-refractivity contribution >= 4 is 98.6 Å². The third-order valence-corrected chi connectivity index (χ3v) is 10.7. The number of hydrogen-bond acceptors (Lipinski definition) is 16. The van der Waals surface area contributed by atoms with Crippen LogP contribution in [0.15, 0.2) is 31.0 Å². The summed E-state index contributed by atoms with van der Waals surface area (Å²) in [5.74, 6) is -3.70. The molecule has 16 nitrogen and oxygen atoms in total. The molecule has 2 atom stereocenters. The van der Waals surface area contributed by atoms with E-state index in [2.05, 4.69) is 25.9 Å². The number of nitrogens with one attached hydrogen (secondary N) is 2. The van der Waals surface area contributed by atoms with Gasteiger partial charge in [-0.25, -0.2) is 14.6 Å². The maximum atomic E-state index is 13.1. The number of carboxylic acids is 2. The number of anilines is 1. The molecule has 0 aromatic carbocycles. The Hall–Kier alpha value is -3.84. The van der Waals surface area contributed by atoms with Crippen LogP contribution >= 0.6 is 58.2 Å². The van der Waals surface area contributed by atoms with Gasteiger partial charge in [-0.05, 0) is 17.1 Å². The fourth-order valence-electron chi connectivity index (χ4n) is 3.61. The average Bonchev–Trinajstić information content (AvgIpc) is 3.55. The quantitative estimate of drug-likeness (QED) is 0.0554. The number of aromatic nitrogens is 2. The van der Waals surface area contributed by atoms with E-state index >= 15 is 0 Å². The zero-order valence-corrected chi connectivity index (χ0v) is 25.0. The first-order chi connectivity index (χ1) is 20.0. The number of β-lactam (4-membered cyclic amide) rings is 1. The van der Waals surface area contributed by atoms with Crippen LogP contribution in [0.25, 0.3) is 0 Å². The van der Waals surface area contributed by atoms with E-state index in [9.17, 15) is 29.5 Å². The fourth-order valence-corrected chi connectivity index (χ4v) is 8.49. The van der Waals surface area contributed by atoms with E-state index < -0.39 is 47.5 Å². The third-order valence-electron chi connectivity index (χ3n) is 5.34. The van der Waals surface area contributed by atoms with Gasteiger partial charge in [0.2, 0.25) is 6.61 Å². The number of rotatable bonds is 13. The van der Waals surface area contributed by atoms with Crippen LogP contribution in [-0.4, -0.2) is 95.1 Å². The number of amides is 2. The zero-order valence-electron chi connectivity index (χ0n) is 20.9. The van der Waals surface area contributed by atoms with Crippen molar-refractivity contribution in [3.05, 3.63) is 27.9 Å². The predicted octanol–water partition coefficient (Wildman–Crippen LogP) is 0.418. The van der Waals surface area contributed by atoms with Crippen LogP contribution in [0.1, 0.15) is 11.3 Å². The lowest BCUT2D eigenvalue weighted by molar-refractivity contribution is -0.150. The molecule has 1 fully saturated rings. The number of carbonyl (C=O) groups is 4. The van der Waals surface area contributed by atoms with Crippen molar-refractivity contribution in [2.24, 2.45) is 10.9 Å². The molecule has 2 aliphatic heterocycles. The summed E-state index contributed by atoms with van der Waals surface area (Å²) >= 11 is 5.69. The number of carboxylic acid groups (broad SMARTS) is 2. The minimum Gasteiger partial charge on any atom is -0.479 e. The third kappa shape index (κ3) is 6.79. The summed E-state index contributed by atoms with van der Waals surface area (Å²) in [6, 6.07) is 0.984. The largest absolute Gasteiger partial charge is 0.479 e. The van der Waals surface area contributed by atoms with Gasteiger partial charge in [0.1, 0.15) is 45.3 Å². The molecule has 1 saturated heterocycles. The lowest BCUT2D eigenvalue weighted by Crippen LogP contribution is -2.71. The molecular formula is C21H19N9O7S5. The number of nitrogens with zero attached hydrogens (tertiary/aromatic N) is 5. The van der Waals surface area contributed by atoms with Gasteiger partial charge in [0.15, 0.2) is 10.8 Å². The van der Waals surface area contributed by atoms with Crippen LogP contribution in [0.5, 0.6) is 0 Å². The lowest BCUT2D eigenvalue weighted by Gasteiger charge is -2.49. The highest BCUT2D eigenvalue weighted by atomic mass is 32.2. The van der Waals surface area contributed by atoms with Crippen molar-refractivity contribution in [2.75, 3.05) is 29.6 Å². The number of fused-ring (bicyclic) bond motifs is 1. The number of hydrogen-bond donors (Lipinski definition) is 6. The van der Waals surface area contributed by atoms with Gasteiger partial charge in [0.05, 0.1) is 9.96 Å². The summed E-state index contributed by atoms with van der Waals surface area (Å²) in [5.41, 5.74) is 11.2. The van der Waals surface area contributed by atoms with Gasteiger partial charge < -0.3 is 31.8 Å². The SMILES string of the molecule is N#Cc1c(SCC(=N)N)nsc1SCC1=C(C(=O)O)N2C(=O)[C@@H](NC(=O)/C(=N\OCC(=O)O)c3csc(N)n3)[C@H]2SC1. The van der Waals surface area contributed by atoms with Crippen LogP contribution in [0.4, 0.5) is 5.13 Å². The summed E-state index contributed by atoms with van der Waals surface area (Å²) in [4.78, 5) is 58.9. The van der Waals surface area contributed by atoms with Crippen molar-refractivity contribution in [3.63, 3.8) is 0 Å². The Balaban J connectivity index is 1.48. The smallest absolute Gasteiger partial charge is 0.352 e. The molecule has 0 spiro atoms. The van der Waals surface area contributed by atoms with E-state index in [1.807, 2.05) is 0 Å². The Bertz CT molecular complexity index is 1560. The van der Waals surface area contributed by atoms with Crippen LogP contribution < -0.4 is 16.8 Å². The lowest BCUT2D eigenvalue weighted by atomic mass is 10.0. The highest BCUT2D eigenvalue weighted by molar-refractivity contribution is 8.02. The van der Waals surface area contributed by atoms with E-state index in [1.165, 1.54) is 28.9 Å². The number of thioether (sulfide) groups is 3. The van der Waals surface area contributed by atoms with Crippen LogP contribution in [0, 0.1) is 16.7 Å². The van der Waals surface area contributed by atoms with Crippen molar-refractivity contribution in [1.82, 2.24) is 19.6 Å². The maximum absolute atomic E-state index is 13.1. The van der Waals surface area contributed by atoms with Gasteiger partial charge in [-0.1, -0.05) is 16.9 Å². The van der Waals surface area contributed by atoms with Crippen molar-refractivity contribution in [3.8, 4) is 6.07 Å². The van der Waals surface area contributed by atoms with Gasteiger partial charge in [0, 0.05) is 16.9 Å². The van der Waals surface area contributed by atoms with Crippen LogP contribution in [0.3, 0.4) is 0 Å². The van der Waals surface area contributed by atoms with E-state index in [-0.39, 0.29) is 39.6 Å². The Labute approximate surface area is 257 Å². The monoisotopic (exact) mass is 669 g/mol. The first-order valence-electron chi connectivity index (χ1n) is 11.3. The maximum Gasteiger partial charge on any atom is 0.352 e. The van der Waals surface area contributed by atoms with E-state index in [0.717, 1.165) is 39.5 Å². The molecule has 2 aromatic rings. The molecule has 21 heteroatoms. The van der Waals surface area contributed by atoms with Crippen LogP contribution in [-0.2, 0) is 24.0 Å². The molecule has 42 heavy (non-hydrogen) atoms. The van der Waals surface area contributed by atoms with Gasteiger partial charge in [0.25, 0.3) is 11.8 Å². The molecule has 2 aliphatic rings. The molecule has 0 saturated carbocycles. The fraction of sp³-hybridized carbons (Fsp3) is 0.286. The summed E-state index contributed by atoms with van der Waals surface area (Å²) in [5, 5.41) is 43.0. The molecule has 8 N–H and O–H groups in total. The van der Waals surface area contributed by atoms with Gasteiger partial charge in [-0.2, -0.15) is 9.64 Å². The predicted molar refractivity (Wildman–Crippen MR) is 157 cm³/mol. The van der Waals surface area contributed by atoms with E-state index in [0.29, 0.717) is 20.4 Å². The number of nitrogens with two attached hydrogens (primary N) is 2. The minimum absolute atomic E-state index is 0.00778.